The summed E-state index contributed by atoms with van der Waals surface area (Å²) < 4.78 is 5.50. The fourth-order valence-electron chi connectivity index (χ4n) is 1.73. The van der Waals surface area contributed by atoms with Crippen molar-refractivity contribution in [2.45, 2.75) is 32.7 Å². The van der Waals surface area contributed by atoms with E-state index in [4.69, 9.17) is 4.74 Å². The summed E-state index contributed by atoms with van der Waals surface area (Å²) in [5.41, 5.74) is 0.789. The zero-order chi connectivity index (χ0) is 15.0. The van der Waals surface area contributed by atoms with Crippen molar-refractivity contribution in [3.63, 3.8) is 0 Å². The maximum Gasteiger partial charge on any atom is 0.275 e. The molecule has 0 heterocycles. The zero-order valence-corrected chi connectivity index (χ0v) is 13.0. The molecule has 1 unspecified atom stereocenters. The highest BCUT2D eigenvalue weighted by atomic mass is 32.2. The highest BCUT2D eigenvalue weighted by molar-refractivity contribution is 7.98. The molecule has 0 radical (unpaired) electrons. The predicted molar refractivity (Wildman–Crippen MR) is 85.0 cm³/mol. The van der Waals surface area contributed by atoms with Gasteiger partial charge in [-0.25, -0.2) is 0 Å². The lowest BCUT2D eigenvalue weighted by atomic mass is 10.2. The van der Waals surface area contributed by atoms with E-state index >= 15 is 0 Å². The highest BCUT2D eigenvalue weighted by Crippen LogP contribution is 2.27. The van der Waals surface area contributed by atoms with Crippen LogP contribution in [-0.4, -0.2) is 29.6 Å². The third kappa shape index (κ3) is 5.69. The molecule has 0 aliphatic carbocycles. The van der Waals surface area contributed by atoms with Gasteiger partial charge in [0.1, 0.15) is 5.75 Å². The number of non-ortho nitro benzene ring substituents is 1. The third-order valence-corrected chi connectivity index (χ3v) is 3.39. The van der Waals surface area contributed by atoms with Gasteiger partial charge < -0.3 is 10.1 Å². The van der Waals surface area contributed by atoms with Crippen LogP contribution in [0.25, 0.3) is 0 Å². The van der Waals surface area contributed by atoms with E-state index in [-0.39, 0.29) is 11.7 Å². The number of nitro benzene ring substituents is 1. The zero-order valence-electron chi connectivity index (χ0n) is 12.2. The van der Waals surface area contributed by atoms with Crippen molar-refractivity contribution < 1.29 is 9.66 Å². The van der Waals surface area contributed by atoms with Crippen LogP contribution in [0.1, 0.15) is 26.7 Å². The van der Waals surface area contributed by atoms with Crippen molar-refractivity contribution in [2.24, 2.45) is 0 Å². The Labute approximate surface area is 124 Å². The third-order valence-electron chi connectivity index (χ3n) is 2.74. The summed E-state index contributed by atoms with van der Waals surface area (Å²) in [6.45, 7) is 4.63. The number of nitrogens with zero attached hydrogens (tertiary/aromatic N) is 1. The Hall–Kier alpha value is -1.43. The number of nitrogens with one attached hydrogen (secondary N) is 1. The number of rotatable bonds is 9. The van der Waals surface area contributed by atoms with Gasteiger partial charge in [0, 0.05) is 23.9 Å². The lowest BCUT2D eigenvalue weighted by molar-refractivity contribution is -0.384. The molecule has 0 aromatic heterocycles. The predicted octanol–water partition coefficient (Wildman–Crippen LogP) is 3.94. The fourth-order valence-corrected chi connectivity index (χ4v) is 2.32. The van der Waals surface area contributed by atoms with Gasteiger partial charge in [0.2, 0.25) is 0 Å². The van der Waals surface area contributed by atoms with E-state index in [0.29, 0.717) is 12.4 Å². The van der Waals surface area contributed by atoms with Crippen LogP contribution in [0.3, 0.4) is 0 Å². The normalized spacial score (nSPS) is 11.9. The first-order valence-electron chi connectivity index (χ1n) is 6.74. The summed E-state index contributed by atoms with van der Waals surface area (Å²) in [6, 6.07) is 5.10. The van der Waals surface area contributed by atoms with Crippen molar-refractivity contribution in [1.29, 1.82) is 0 Å². The highest BCUT2D eigenvalue weighted by Gasteiger charge is 2.12. The van der Waals surface area contributed by atoms with Gasteiger partial charge in [0.25, 0.3) is 5.69 Å². The van der Waals surface area contributed by atoms with Crippen LogP contribution in [0.15, 0.2) is 18.2 Å². The number of ether oxygens (including phenoxy) is 1. The van der Waals surface area contributed by atoms with E-state index in [1.807, 2.05) is 13.0 Å². The van der Waals surface area contributed by atoms with E-state index in [9.17, 15) is 10.1 Å². The van der Waals surface area contributed by atoms with Gasteiger partial charge in [-0.15, -0.1) is 0 Å². The molecule has 0 saturated carbocycles. The summed E-state index contributed by atoms with van der Waals surface area (Å²) >= 11 is 1.79. The molecule has 1 aromatic rings. The Morgan fingerprint density at radius 3 is 2.80 bits per heavy atom. The van der Waals surface area contributed by atoms with Crippen LogP contribution in [-0.2, 0) is 0 Å². The summed E-state index contributed by atoms with van der Waals surface area (Å²) in [7, 11) is 0. The van der Waals surface area contributed by atoms with E-state index in [1.165, 1.54) is 6.07 Å². The first kappa shape index (κ1) is 16.6. The monoisotopic (exact) mass is 298 g/mol. The molecule has 112 valence electrons. The van der Waals surface area contributed by atoms with E-state index in [0.717, 1.165) is 24.3 Å². The molecule has 0 spiro atoms. The number of anilines is 1. The van der Waals surface area contributed by atoms with E-state index in [1.54, 1.807) is 17.8 Å². The topological polar surface area (TPSA) is 64.4 Å². The molecule has 1 aromatic carbocycles. The molecule has 0 bridgehead atoms. The Morgan fingerprint density at radius 2 is 2.20 bits per heavy atom. The molecule has 1 atom stereocenters. The van der Waals surface area contributed by atoms with Crippen molar-refractivity contribution in [3.8, 4) is 5.75 Å². The van der Waals surface area contributed by atoms with Gasteiger partial charge in [-0.1, -0.05) is 6.92 Å². The molecule has 0 fully saturated rings. The van der Waals surface area contributed by atoms with Crippen molar-refractivity contribution in [3.05, 3.63) is 28.3 Å². The Bertz CT molecular complexity index is 440. The standard InChI is InChI=1S/C14H22N2O3S/c1-4-6-19-14-9-12(8-13(10-14)16(17)18)15-11(2)5-7-20-3/h8-11,15H,4-7H2,1-3H3. The molecular weight excluding hydrogens is 276 g/mol. The number of nitro groups is 1. The quantitative estimate of drug-likeness (QED) is 0.552. The fraction of sp³-hybridized carbons (Fsp3) is 0.571. The van der Waals surface area contributed by atoms with Gasteiger partial charge in [0.15, 0.2) is 0 Å². The molecule has 20 heavy (non-hydrogen) atoms. The average molecular weight is 298 g/mol. The number of hydrogen-bond donors (Lipinski definition) is 1. The number of hydrogen-bond acceptors (Lipinski definition) is 5. The van der Waals surface area contributed by atoms with Gasteiger partial charge in [0.05, 0.1) is 17.6 Å². The van der Waals surface area contributed by atoms with Crippen LogP contribution in [0, 0.1) is 10.1 Å². The summed E-state index contributed by atoms with van der Waals surface area (Å²) in [6.07, 6.45) is 3.95. The SMILES string of the molecule is CCCOc1cc(NC(C)CCSC)cc([N+](=O)[O-])c1. The molecule has 1 N–H and O–H groups in total. The van der Waals surface area contributed by atoms with Crippen molar-refractivity contribution in [2.75, 3.05) is 23.9 Å². The second-order valence-corrected chi connectivity index (χ2v) is 5.63. The number of benzene rings is 1. The lowest BCUT2D eigenvalue weighted by Crippen LogP contribution is -2.16. The molecule has 1 rings (SSSR count). The molecule has 6 heteroatoms. The maximum atomic E-state index is 11.0. The summed E-state index contributed by atoms with van der Waals surface area (Å²) in [5, 5.41) is 14.2. The Morgan fingerprint density at radius 1 is 1.45 bits per heavy atom. The van der Waals surface area contributed by atoms with Gasteiger partial charge >= 0.3 is 0 Å². The first-order chi connectivity index (χ1) is 9.56. The Balaban J connectivity index is 2.82. The molecule has 0 aliphatic rings. The smallest absolute Gasteiger partial charge is 0.275 e. The van der Waals surface area contributed by atoms with E-state index in [2.05, 4.69) is 18.5 Å². The van der Waals surface area contributed by atoms with Crippen LogP contribution in [0.2, 0.25) is 0 Å². The minimum Gasteiger partial charge on any atom is -0.493 e. The lowest BCUT2D eigenvalue weighted by Gasteiger charge is -2.15. The maximum absolute atomic E-state index is 11.0. The average Bonchev–Trinajstić information content (AvgIpc) is 2.42. The molecular formula is C14H22N2O3S. The van der Waals surface area contributed by atoms with Crippen LogP contribution in [0.5, 0.6) is 5.75 Å². The minimum atomic E-state index is -0.392. The second-order valence-electron chi connectivity index (χ2n) is 4.65. The summed E-state index contributed by atoms with van der Waals surface area (Å²) in [5.74, 6) is 1.60. The van der Waals surface area contributed by atoms with Gasteiger partial charge in [-0.3, -0.25) is 10.1 Å². The van der Waals surface area contributed by atoms with Crippen LogP contribution in [0.4, 0.5) is 11.4 Å². The van der Waals surface area contributed by atoms with Crippen LogP contribution < -0.4 is 10.1 Å². The minimum absolute atomic E-state index is 0.0539. The van der Waals surface area contributed by atoms with Crippen LogP contribution >= 0.6 is 11.8 Å². The van der Waals surface area contributed by atoms with Gasteiger partial charge in [-0.2, -0.15) is 11.8 Å². The largest absolute Gasteiger partial charge is 0.493 e. The van der Waals surface area contributed by atoms with Crippen molar-refractivity contribution >= 4 is 23.1 Å². The molecule has 0 aliphatic heterocycles. The number of thioether (sulfide) groups is 1. The van der Waals surface area contributed by atoms with E-state index < -0.39 is 4.92 Å². The van der Waals surface area contributed by atoms with Gasteiger partial charge in [-0.05, 0) is 31.8 Å². The molecule has 0 saturated heterocycles. The second kappa shape index (κ2) is 8.68. The Kier molecular flexibility index (Phi) is 7.22. The first-order valence-corrected chi connectivity index (χ1v) is 8.14. The molecule has 0 amide bonds. The molecule has 5 nitrogen and oxygen atoms in total. The summed E-state index contributed by atoms with van der Waals surface area (Å²) in [4.78, 5) is 10.6. The van der Waals surface area contributed by atoms with Crippen molar-refractivity contribution in [1.82, 2.24) is 0 Å².